The average molecular weight is 395 g/mol. The fourth-order valence-electron chi connectivity index (χ4n) is 3.22. The van der Waals surface area contributed by atoms with Gasteiger partial charge in [-0.05, 0) is 12.1 Å². The van der Waals surface area contributed by atoms with Crippen LogP contribution in [0.2, 0.25) is 0 Å². The summed E-state index contributed by atoms with van der Waals surface area (Å²) in [6, 6.07) is 28.3. The first-order valence-corrected chi connectivity index (χ1v) is 10.3. The highest BCUT2D eigenvalue weighted by Crippen LogP contribution is 2.33. The van der Waals surface area contributed by atoms with Gasteiger partial charge in [0.1, 0.15) is 17.0 Å². The van der Waals surface area contributed by atoms with E-state index in [4.69, 9.17) is 4.42 Å². The van der Waals surface area contributed by atoms with Crippen molar-refractivity contribution in [3.63, 3.8) is 0 Å². The molecule has 5 heteroatoms. The van der Waals surface area contributed by atoms with Crippen molar-refractivity contribution in [2.24, 2.45) is 0 Å². The molecule has 4 nitrogen and oxygen atoms in total. The van der Waals surface area contributed by atoms with Gasteiger partial charge in [-0.2, -0.15) is 0 Å². The molecule has 0 radical (unpaired) electrons. The molecule has 5 rings (SSSR count). The lowest BCUT2D eigenvalue weighted by molar-refractivity contribution is 0.573. The van der Waals surface area contributed by atoms with E-state index in [1.165, 1.54) is 0 Å². The van der Waals surface area contributed by atoms with Crippen LogP contribution in [0, 0.1) is 0 Å². The molecule has 0 atom stereocenters. The van der Waals surface area contributed by atoms with Gasteiger partial charge in [0.15, 0.2) is 0 Å². The molecule has 0 unspecified atom stereocenters. The number of thioether (sulfide) groups is 1. The fraction of sp³-hybridized carbons (Fsp3) is 0.0417. The summed E-state index contributed by atoms with van der Waals surface area (Å²) in [6.07, 6.45) is 1.71. The predicted octanol–water partition coefficient (Wildman–Crippen LogP) is 6.24. The first-order chi connectivity index (χ1) is 14.4. The number of oxazole rings is 1. The summed E-state index contributed by atoms with van der Waals surface area (Å²) in [6.45, 7) is 0. The molecule has 0 fully saturated rings. The van der Waals surface area contributed by atoms with E-state index < -0.39 is 0 Å². The number of rotatable bonds is 5. The molecule has 2 aromatic heterocycles. The highest BCUT2D eigenvalue weighted by Gasteiger charge is 2.13. The summed E-state index contributed by atoms with van der Waals surface area (Å²) in [5.74, 6) is 1.30. The minimum atomic E-state index is 0.636. The molecular formula is C24H17N3OS. The van der Waals surface area contributed by atoms with Crippen LogP contribution < -0.4 is 0 Å². The second-order valence-corrected chi connectivity index (χ2v) is 7.53. The Kier molecular flexibility index (Phi) is 4.80. The third-order valence-electron chi connectivity index (χ3n) is 4.63. The predicted molar refractivity (Wildman–Crippen MR) is 116 cm³/mol. The number of benzene rings is 3. The lowest BCUT2D eigenvalue weighted by Gasteiger charge is -2.08. The maximum absolute atomic E-state index is 5.64. The van der Waals surface area contributed by atoms with Crippen molar-refractivity contribution in [3.8, 4) is 22.7 Å². The van der Waals surface area contributed by atoms with E-state index in [-0.39, 0.29) is 0 Å². The van der Waals surface area contributed by atoms with Crippen molar-refractivity contribution >= 4 is 22.5 Å². The molecule has 29 heavy (non-hydrogen) atoms. The van der Waals surface area contributed by atoms with Crippen LogP contribution in [-0.4, -0.2) is 15.2 Å². The number of hydrogen-bond acceptors (Lipinski definition) is 5. The molecule has 0 N–H and O–H groups in total. The van der Waals surface area contributed by atoms with Crippen molar-refractivity contribution in [2.45, 2.75) is 10.8 Å². The summed E-state index contributed by atoms with van der Waals surface area (Å²) in [7, 11) is 0. The molecule has 0 aliphatic rings. The third kappa shape index (κ3) is 3.65. The standard InChI is InChI=1S/C24H17N3OS/c1-3-9-17(10-4-1)22-20-13-7-8-14-21(20)24(27-26-22)29-16-19-15-28-23(25-19)18-11-5-2-6-12-18/h1-15H,16H2. The van der Waals surface area contributed by atoms with Gasteiger partial charge in [0, 0.05) is 27.7 Å². The lowest BCUT2D eigenvalue weighted by atomic mass is 10.1. The van der Waals surface area contributed by atoms with Crippen LogP contribution >= 0.6 is 11.8 Å². The second-order valence-electron chi connectivity index (χ2n) is 6.56. The Morgan fingerprint density at radius 1 is 0.690 bits per heavy atom. The van der Waals surface area contributed by atoms with Gasteiger partial charge in [0.05, 0.1) is 5.69 Å². The van der Waals surface area contributed by atoms with E-state index in [0.717, 1.165) is 38.3 Å². The quantitative estimate of drug-likeness (QED) is 0.330. The Labute approximate surface area is 172 Å². The first kappa shape index (κ1) is 17.6. The largest absolute Gasteiger partial charge is 0.444 e. The summed E-state index contributed by atoms with van der Waals surface area (Å²) in [5, 5.41) is 12.1. The van der Waals surface area contributed by atoms with Crippen LogP contribution in [0.1, 0.15) is 5.69 Å². The van der Waals surface area contributed by atoms with Gasteiger partial charge in [-0.1, -0.05) is 84.6 Å². The topological polar surface area (TPSA) is 51.8 Å². The first-order valence-electron chi connectivity index (χ1n) is 9.32. The molecule has 0 spiro atoms. The Hall–Kier alpha value is -3.44. The third-order valence-corrected chi connectivity index (χ3v) is 5.65. The van der Waals surface area contributed by atoms with Crippen molar-refractivity contribution < 1.29 is 4.42 Å². The van der Waals surface area contributed by atoms with E-state index in [0.29, 0.717) is 11.6 Å². The van der Waals surface area contributed by atoms with E-state index in [9.17, 15) is 0 Å². The zero-order valence-corrected chi connectivity index (χ0v) is 16.3. The fourth-order valence-corrected chi connectivity index (χ4v) is 4.07. The Balaban J connectivity index is 1.43. The highest BCUT2D eigenvalue weighted by atomic mass is 32.2. The van der Waals surface area contributed by atoms with Crippen LogP contribution in [0.25, 0.3) is 33.5 Å². The van der Waals surface area contributed by atoms with E-state index in [1.54, 1.807) is 18.0 Å². The lowest BCUT2D eigenvalue weighted by Crippen LogP contribution is -1.94. The van der Waals surface area contributed by atoms with E-state index in [1.807, 2.05) is 60.7 Å². The zero-order valence-electron chi connectivity index (χ0n) is 15.5. The van der Waals surface area contributed by atoms with Crippen LogP contribution in [0.4, 0.5) is 0 Å². The number of aromatic nitrogens is 3. The maximum atomic E-state index is 5.64. The Morgan fingerprint density at radius 3 is 2.10 bits per heavy atom. The Bertz CT molecular complexity index is 1250. The van der Waals surface area contributed by atoms with Crippen molar-refractivity contribution in [1.82, 2.24) is 15.2 Å². The van der Waals surface area contributed by atoms with Crippen LogP contribution in [0.3, 0.4) is 0 Å². The molecule has 140 valence electrons. The van der Waals surface area contributed by atoms with Gasteiger partial charge in [0.25, 0.3) is 0 Å². The SMILES string of the molecule is c1ccc(-c2nc(CSc3nnc(-c4ccccc4)c4ccccc34)co2)cc1. The molecule has 0 amide bonds. The molecule has 2 heterocycles. The minimum absolute atomic E-state index is 0.636. The van der Waals surface area contributed by atoms with Crippen molar-refractivity contribution in [1.29, 1.82) is 0 Å². The van der Waals surface area contributed by atoms with Gasteiger partial charge < -0.3 is 4.42 Å². The summed E-state index contributed by atoms with van der Waals surface area (Å²) < 4.78 is 5.64. The molecule has 0 saturated carbocycles. The molecule has 5 aromatic rings. The van der Waals surface area contributed by atoms with Crippen LogP contribution in [0.5, 0.6) is 0 Å². The van der Waals surface area contributed by atoms with Gasteiger partial charge in [-0.15, -0.1) is 10.2 Å². The summed E-state index contributed by atoms with van der Waals surface area (Å²) in [4.78, 5) is 4.61. The van der Waals surface area contributed by atoms with Crippen LogP contribution in [0.15, 0.2) is 101 Å². The maximum Gasteiger partial charge on any atom is 0.226 e. The van der Waals surface area contributed by atoms with Crippen molar-refractivity contribution in [2.75, 3.05) is 0 Å². The monoisotopic (exact) mass is 395 g/mol. The molecule has 3 aromatic carbocycles. The minimum Gasteiger partial charge on any atom is -0.444 e. The van der Waals surface area contributed by atoms with E-state index >= 15 is 0 Å². The highest BCUT2D eigenvalue weighted by molar-refractivity contribution is 7.98. The number of nitrogens with zero attached hydrogens (tertiary/aromatic N) is 3. The van der Waals surface area contributed by atoms with Gasteiger partial charge in [0.2, 0.25) is 5.89 Å². The Morgan fingerprint density at radius 2 is 1.34 bits per heavy atom. The molecule has 0 aliphatic carbocycles. The smallest absolute Gasteiger partial charge is 0.226 e. The second kappa shape index (κ2) is 7.89. The molecule has 0 bridgehead atoms. The molecular weight excluding hydrogens is 378 g/mol. The summed E-state index contributed by atoms with van der Waals surface area (Å²) in [5.41, 5.74) is 3.82. The van der Waals surface area contributed by atoms with Gasteiger partial charge >= 0.3 is 0 Å². The molecule has 0 saturated heterocycles. The van der Waals surface area contributed by atoms with Crippen LogP contribution in [-0.2, 0) is 5.75 Å². The zero-order chi connectivity index (χ0) is 19.5. The number of hydrogen-bond donors (Lipinski definition) is 0. The van der Waals surface area contributed by atoms with Gasteiger partial charge in [-0.25, -0.2) is 4.98 Å². The van der Waals surface area contributed by atoms with Gasteiger partial charge in [-0.3, -0.25) is 0 Å². The molecule has 0 aliphatic heterocycles. The summed E-state index contributed by atoms with van der Waals surface area (Å²) >= 11 is 1.62. The van der Waals surface area contributed by atoms with Crippen molar-refractivity contribution in [3.05, 3.63) is 96.9 Å². The average Bonchev–Trinajstić information content (AvgIpc) is 3.28. The van der Waals surface area contributed by atoms with E-state index in [2.05, 4.69) is 39.4 Å². The normalized spacial score (nSPS) is 11.0. The number of fused-ring (bicyclic) bond motifs is 1.